The highest BCUT2D eigenvalue weighted by Crippen LogP contribution is 2.42. The van der Waals surface area contributed by atoms with Crippen LogP contribution in [0.5, 0.6) is 0 Å². The van der Waals surface area contributed by atoms with E-state index in [9.17, 15) is 14.7 Å². The number of hydrogen-bond donors (Lipinski definition) is 3. The van der Waals surface area contributed by atoms with Crippen LogP contribution >= 0.6 is 11.6 Å². The SMILES string of the molecule is C[C@@H]1C[C@@H](O)c2ncnc(N3CCN(C(=O)[C@H](CNCC(N)=O)c4ccc(Cl)cc4)CC3)c21. The summed E-state index contributed by atoms with van der Waals surface area (Å²) in [5.74, 6) is 0.116. The number of aliphatic hydroxyl groups is 1. The zero-order valence-corrected chi connectivity index (χ0v) is 19.3. The molecule has 2 aromatic rings. The van der Waals surface area contributed by atoms with E-state index in [1.807, 2.05) is 17.0 Å². The predicted molar refractivity (Wildman–Crippen MR) is 125 cm³/mol. The summed E-state index contributed by atoms with van der Waals surface area (Å²) in [5.41, 5.74) is 7.80. The number of benzene rings is 1. The molecule has 4 N–H and O–H groups in total. The monoisotopic (exact) mass is 472 g/mol. The van der Waals surface area contributed by atoms with Gasteiger partial charge in [0.1, 0.15) is 12.1 Å². The van der Waals surface area contributed by atoms with Crippen molar-refractivity contribution in [1.82, 2.24) is 20.2 Å². The lowest BCUT2D eigenvalue weighted by Crippen LogP contribution is -2.51. The van der Waals surface area contributed by atoms with Crippen molar-refractivity contribution < 1.29 is 14.7 Å². The fourth-order valence-electron chi connectivity index (χ4n) is 4.70. The maximum absolute atomic E-state index is 13.4. The topological polar surface area (TPSA) is 125 Å². The van der Waals surface area contributed by atoms with Crippen LogP contribution in [0.15, 0.2) is 30.6 Å². The van der Waals surface area contributed by atoms with Crippen LogP contribution in [0, 0.1) is 0 Å². The molecule has 1 aromatic carbocycles. The molecule has 176 valence electrons. The van der Waals surface area contributed by atoms with Crippen LogP contribution in [-0.2, 0) is 9.59 Å². The first kappa shape index (κ1) is 23.4. The molecule has 33 heavy (non-hydrogen) atoms. The molecule has 4 rings (SSSR count). The molecule has 1 aromatic heterocycles. The summed E-state index contributed by atoms with van der Waals surface area (Å²) in [6, 6.07) is 7.19. The van der Waals surface area contributed by atoms with Crippen molar-refractivity contribution in [3.8, 4) is 0 Å². The Bertz CT molecular complexity index is 1010. The number of aliphatic hydroxyl groups excluding tert-OH is 1. The van der Waals surface area contributed by atoms with Crippen LogP contribution in [0.2, 0.25) is 5.02 Å². The minimum Gasteiger partial charge on any atom is -0.387 e. The zero-order chi connectivity index (χ0) is 23.5. The predicted octanol–water partition coefficient (Wildman–Crippen LogP) is 1.18. The Morgan fingerprint density at radius 3 is 2.58 bits per heavy atom. The van der Waals surface area contributed by atoms with Gasteiger partial charge in [-0.25, -0.2) is 9.97 Å². The van der Waals surface area contributed by atoms with E-state index in [0.717, 1.165) is 16.9 Å². The van der Waals surface area contributed by atoms with E-state index < -0.39 is 17.9 Å². The molecule has 0 radical (unpaired) electrons. The summed E-state index contributed by atoms with van der Waals surface area (Å²) in [6.07, 6.45) is 1.61. The van der Waals surface area contributed by atoms with Crippen molar-refractivity contribution in [3.63, 3.8) is 0 Å². The lowest BCUT2D eigenvalue weighted by molar-refractivity contribution is -0.133. The molecule has 0 unspecified atom stereocenters. The van der Waals surface area contributed by atoms with Crippen LogP contribution in [0.25, 0.3) is 0 Å². The van der Waals surface area contributed by atoms with E-state index in [1.165, 1.54) is 6.33 Å². The number of nitrogens with zero attached hydrogens (tertiary/aromatic N) is 4. The third kappa shape index (κ3) is 5.10. The number of fused-ring (bicyclic) bond motifs is 1. The molecule has 3 atom stereocenters. The van der Waals surface area contributed by atoms with E-state index >= 15 is 0 Å². The summed E-state index contributed by atoms with van der Waals surface area (Å²) < 4.78 is 0. The molecule has 1 aliphatic carbocycles. The standard InChI is InChI=1S/C23H29ClN6O3/c1-14-10-18(31)21-20(14)22(28-13-27-21)29-6-8-30(9-7-29)23(33)17(11-26-12-19(25)32)15-2-4-16(24)5-3-15/h2-5,13-14,17-18,26,31H,6-12H2,1H3,(H2,25,32)/t14-,17-,18-/m1/s1. The van der Waals surface area contributed by atoms with E-state index in [0.29, 0.717) is 49.9 Å². The number of amides is 2. The van der Waals surface area contributed by atoms with Gasteiger partial charge in [0.05, 0.1) is 24.3 Å². The number of aromatic nitrogens is 2. The largest absolute Gasteiger partial charge is 0.387 e. The first-order chi connectivity index (χ1) is 15.8. The number of nitrogens with two attached hydrogens (primary N) is 1. The number of nitrogens with one attached hydrogen (secondary N) is 1. The molecule has 1 saturated heterocycles. The van der Waals surface area contributed by atoms with Crippen molar-refractivity contribution in [2.45, 2.75) is 31.3 Å². The van der Waals surface area contributed by atoms with E-state index in [-0.39, 0.29) is 18.4 Å². The minimum atomic E-state index is -0.548. The highest BCUT2D eigenvalue weighted by molar-refractivity contribution is 6.30. The summed E-state index contributed by atoms with van der Waals surface area (Å²) in [6.45, 7) is 4.77. The maximum Gasteiger partial charge on any atom is 0.231 e. The first-order valence-corrected chi connectivity index (χ1v) is 11.5. The van der Waals surface area contributed by atoms with Crippen molar-refractivity contribution in [3.05, 3.63) is 52.4 Å². The second-order valence-corrected chi connectivity index (χ2v) is 9.10. The molecule has 0 bridgehead atoms. The molecular formula is C23H29ClN6O3. The zero-order valence-electron chi connectivity index (χ0n) is 18.6. The van der Waals surface area contributed by atoms with Crippen molar-refractivity contribution >= 4 is 29.2 Å². The molecule has 1 fully saturated rings. The van der Waals surface area contributed by atoms with Gasteiger partial charge in [-0.1, -0.05) is 30.7 Å². The molecular weight excluding hydrogens is 444 g/mol. The van der Waals surface area contributed by atoms with Crippen LogP contribution < -0.4 is 16.0 Å². The Balaban J connectivity index is 1.46. The first-order valence-electron chi connectivity index (χ1n) is 11.2. The summed E-state index contributed by atoms with van der Waals surface area (Å²) >= 11 is 6.02. The van der Waals surface area contributed by atoms with Crippen molar-refractivity contribution in [1.29, 1.82) is 0 Å². The summed E-state index contributed by atoms with van der Waals surface area (Å²) in [4.78, 5) is 37.4. The Labute approximate surface area is 197 Å². The quantitative estimate of drug-likeness (QED) is 0.552. The van der Waals surface area contributed by atoms with Gasteiger partial charge in [-0.2, -0.15) is 0 Å². The van der Waals surface area contributed by atoms with Crippen molar-refractivity contribution in [2.75, 3.05) is 44.2 Å². The average Bonchev–Trinajstić information content (AvgIpc) is 3.11. The third-order valence-electron chi connectivity index (χ3n) is 6.39. The highest BCUT2D eigenvalue weighted by atomic mass is 35.5. The van der Waals surface area contributed by atoms with Crippen LogP contribution in [0.1, 0.15) is 48.1 Å². The fourth-order valence-corrected chi connectivity index (χ4v) is 4.82. The van der Waals surface area contributed by atoms with Crippen LogP contribution in [0.3, 0.4) is 0 Å². The molecule has 0 saturated carbocycles. The van der Waals surface area contributed by atoms with E-state index in [1.54, 1.807) is 12.1 Å². The second-order valence-electron chi connectivity index (χ2n) is 8.66. The van der Waals surface area contributed by atoms with E-state index in [2.05, 4.69) is 27.1 Å². The van der Waals surface area contributed by atoms with E-state index in [4.69, 9.17) is 17.3 Å². The number of carbonyl (C=O) groups is 2. The summed E-state index contributed by atoms with van der Waals surface area (Å²) in [5, 5.41) is 13.9. The summed E-state index contributed by atoms with van der Waals surface area (Å²) in [7, 11) is 0. The molecule has 1 aliphatic heterocycles. The molecule has 0 spiro atoms. The van der Waals surface area contributed by atoms with Gasteiger partial charge in [-0.05, 0) is 30.0 Å². The molecule has 2 heterocycles. The number of rotatable bonds is 7. The van der Waals surface area contributed by atoms with Crippen molar-refractivity contribution in [2.24, 2.45) is 5.73 Å². The number of carbonyl (C=O) groups excluding carboxylic acids is 2. The Hall–Kier alpha value is -2.75. The number of halogens is 1. The fraction of sp³-hybridized carbons (Fsp3) is 0.478. The van der Waals surface area contributed by atoms with Gasteiger partial charge in [-0.3, -0.25) is 9.59 Å². The lowest BCUT2D eigenvalue weighted by Gasteiger charge is -2.38. The van der Waals surface area contributed by atoms with Gasteiger partial charge >= 0.3 is 0 Å². The average molecular weight is 473 g/mol. The Kier molecular flexibility index (Phi) is 7.11. The minimum absolute atomic E-state index is 0.00794. The van der Waals surface area contributed by atoms with Crippen LogP contribution in [-0.4, -0.2) is 71.1 Å². The Morgan fingerprint density at radius 1 is 1.21 bits per heavy atom. The molecule has 2 amide bonds. The van der Waals surface area contributed by atoms with Gasteiger partial charge in [0.2, 0.25) is 11.8 Å². The van der Waals surface area contributed by atoms with Gasteiger partial charge in [0.25, 0.3) is 0 Å². The van der Waals surface area contributed by atoms with Gasteiger partial charge < -0.3 is 26.0 Å². The molecule has 10 heteroatoms. The Morgan fingerprint density at radius 2 is 1.91 bits per heavy atom. The smallest absolute Gasteiger partial charge is 0.231 e. The lowest BCUT2D eigenvalue weighted by atomic mass is 9.97. The molecule has 9 nitrogen and oxygen atoms in total. The van der Waals surface area contributed by atoms with Crippen LogP contribution in [0.4, 0.5) is 5.82 Å². The third-order valence-corrected chi connectivity index (χ3v) is 6.64. The second kappa shape index (κ2) is 10.0. The maximum atomic E-state index is 13.4. The molecule has 2 aliphatic rings. The number of hydrogen-bond acceptors (Lipinski definition) is 7. The normalized spacial score (nSPS) is 21.1. The number of primary amides is 1. The number of piperazine rings is 1. The number of anilines is 1. The van der Waals surface area contributed by atoms with Gasteiger partial charge in [0.15, 0.2) is 0 Å². The van der Waals surface area contributed by atoms with Gasteiger partial charge in [-0.15, -0.1) is 0 Å². The highest BCUT2D eigenvalue weighted by Gasteiger charge is 2.35. The van der Waals surface area contributed by atoms with Gasteiger partial charge in [0, 0.05) is 43.3 Å².